The van der Waals surface area contributed by atoms with E-state index in [9.17, 15) is 4.79 Å². The summed E-state index contributed by atoms with van der Waals surface area (Å²) in [6, 6.07) is 0. The standard InChI is InChI=1S/C8H12Br2O2/c1-5-6(11)12-8(9,10)7(2,3)4/h5H,1H2,2-4H3. The molecule has 0 saturated heterocycles. The van der Waals surface area contributed by atoms with Crippen molar-refractivity contribution in [3.05, 3.63) is 12.7 Å². The molecule has 0 radical (unpaired) electrons. The molecule has 70 valence electrons. The van der Waals surface area contributed by atoms with Crippen molar-refractivity contribution in [1.29, 1.82) is 0 Å². The minimum atomic E-state index is -0.835. The van der Waals surface area contributed by atoms with Gasteiger partial charge in [-0.2, -0.15) is 0 Å². The van der Waals surface area contributed by atoms with E-state index in [4.69, 9.17) is 4.74 Å². The summed E-state index contributed by atoms with van der Waals surface area (Å²) in [6.45, 7) is 9.12. The summed E-state index contributed by atoms with van der Waals surface area (Å²) < 4.78 is 4.19. The number of rotatable bonds is 2. The van der Waals surface area contributed by atoms with Crippen LogP contribution in [0.15, 0.2) is 12.7 Å². The van der Waals surface area contributed by atoms with Crippen LogP contribution >= 0.6 is 31.9 Å². The van der Waals surface area contributed by atoms with Gasteiger partial charge in [0.05, 0.1) is 0 Å². The molecule has 0 amide bonds. The number of alkyl halides is 2. The summed E-state index contributed by atoms with van der Waals surface area (Å²) in [7, 11) is 0. The molecule has 12 heavy (non-hydrogen) atoms. The maximum Gasteiger partial charge on any atom is 0.332 e. The lowest BCUT2D eigenvalue weighted by molar-refractivity contribution is -0.143. The van der Waals surface area contributed by atoms with Crippen LogP contribution in [0.4, 0.5) is 0 Å². The van der Waals surface area contributed by atoms with Gasteiger partial charge in [0, 0.05) is 11.5 Å². The molecule has 0 N–H and O–H groups in total. The number of hydrogen-bond acceptors (Lipinski definition) is 2. The highest BCUT2D eigenvalue weighted by Gasteiger charge is 2.40. The molecule has 0 fully saturated rings. The van der Waals surface area contributed by atoms with Crippen LogP contribution in [0.1, 0.15) is 20.8 Å². The van der Waals surface area contributed by atoms with Crippen molar-refractivity contribution in [3.8, 4) is 0 Å². The zero-order chi connectivity index (χ0) is 9.99. The quantitative estimate of drug-likeness (QED) is 0.445. The van der Waals surface area contributed by atoms with Crippen molar-refractivity contribution < 1.29 is 9.53 Å². The average Bonchev–Trinajstić information content (AvgIpc) is 1.84. The maximum absolute atomic E-state index is 10.9. The van der Waals surface area contributed by atoms with Gasteiger partial charge >= 0.3 is 5.97 Å². The normalized spacial score (nSPS) is 12.4. The van der Waals surface area contributed by atoms with Crippen LogP contribution in [-0.2, 0) is 9.53 Å². The van der Waals surface area contributed by atoms with Crippen molar-refractivity contribution in [2.45, 2.75) is 24.2 Å². The van der Waals surface area contributed by atoms with Gasteiger partial charge in [-0.1, -0.05) is 27.4 Å². The molecule has 0 aliphatic carbocycles. The SMILES string of the molecule is C=CC(=O)OC(Br)(Br)C(C)(C)C. The fourth-order valence-electron chi connectivity index (χ4n) is 0.321. The summed E-state index contributed by atoms with van der Waals surface area (Å²) >= 11 is 6.54. The zero-order valence-corrected chi connectivity index (χ0v) is 10.5. The summed E-state index contributed by atoms with van der Waals surface area (Å²) in [5.74, 6) is -0.460. The molecular weight excluding hydrogens is 288 g/mol. The van der Waals surface area contributed by atoms with Gasteiger partial charge in [0.25, 0.3) is 0 Å². The molecule has 0 aliphatic rings. The number of carbonyl (C=O) groups excluding carboxylic acids is 1. The van der Waals surface area contributed by atoms with Crippen molar-refractivity contribution in [1.82, 2.24) is 0 Å². The van der Waals surface area contributed by atoms with E-state index in [2.05, 4.69) is 38.4 Å². The Balaban J connectivity index is 4.43. The average molecular weight is 300 g/mol. The van der Waals surface area contributed by atoms with Crippen LogP contribution in [0.2, 0.25) is 0 Å². The highest BCUT2D eigenvalue weighted by atomic mass is 79.9. The number of halogens is 2. The Bertz CT molecular complexity index is 192. The van der Waals surface area contributed by atoms with Crippen molar-refractivity contribution in [3.63, 3.8) is 0 Å². The summed E-state index contributed by atoms with van der Waals surface area (Å²) in [5.41, 5.74) is -0.230. The van der Waals surface area contributed by atoms with E-state index in [1.54, 1.807) is 0 Å². The summed E-state index contributed by atoms with van der Waals surface area (Å²) in [5, 5.41) is 0. The van der Waals surface area contributed by atoms with Crippen LogP contribution in [0.3, 0.4) is 0 Å². The van der Waals surface area contributed by atoms with Crippen LogP contribution in [0, 0.1) is 5.41 Å². The Hall–Kier alpha value is 0.170. The lowest BCUT2D eigenvalue weighted by Crippen LogP contribution is -2.34. The lowest BCUT2D eigenvalue weighted by atomic mass is 9.98. The first-order valence-corrected chi connectivity index (χ1v) is 5.02. The van der Waals surface area contributed by atoms with E-state index in [-0.39, 0.29) is 5.41 Å². The van der Waals surface area contributed by atoms with E-state index in [0.717, 1.165) is 6.08 Å². The van der Waals surface area contributed by atoms with E-state index < -0.39 is 9.39 Å². The van der Waals surface area contributed by atoms with Gasteiger partial charge in [-0.05, 0) is 31.9 Å². The minimum Gasteiger partial charge on any atom is -0.433 e. The molecule has 0 aromatic rings. The van der Waals surface area contributed by atoms with Crippen molar-refractivity contribution >= 4 is 37.8 Å². The number of hydrogen-bond donors (Lipinski definition) is 0. The predicted octanol–water partition coefficient (Wildman–Crippen LogP) is 3.21. The second kappa shape index (κ2) is 3.92. The van der Waals surface area contributed by atoms with Crippen LogP contribution < -0.4 is 0 Å². The monoisotopic (exact) mass is 298 g/mol. The van der Waals surface area contributed by atoms with Gasteiger partial charge in [-0.3, -0.25) is 0 Å². The third-order valence-corrected chi connectivity index (χ3v) is 3.97. The Kier molecular flexibility index (Phi) is 3.97. The summed E-state index contributed by atoms with van der Waals surface area (Å²) in [4.78, 5) is 10.9. The van der Waals surface area contributed by atoms with E-state index in [0.29, 0.717) is 0 Å². The number of ether oxygens (including phenoxy) is 1. The molecule has 0 heterocycles. The molecule has 0 bridgehead atoms. The van der Waals surface area contributed by atoms with Gasteiger partial charge in [-0.15, -0.1) is 0 Å². The van der Waals surface area contributed by atoms with Gasteiger partial charge in [0.15, 0.2) is 0 Å². The van der Waals surface area contributed by atoms with E-state index >= 15 is 0 Å². The summed E-state index contributed by atoms with van der Waals surface area (Å²) in [6.07, 6.45) is 1.13. The van der Waals surface area contributed by atoms with Gasteiger partial charge in [0.1, 0.15) is 0 Å². The molecular formula is C8H12Br2O2. The molecule has 0 atom stereocenters. The Labute approximate surface area is 89.6 Å². The Morgan fingerprint density at radius 3 is 2.08 bits per heavy atom. The molecule has 0 aromatic heterocycles. The molecule has 0 saturated carbocycles. The van der Waals surface area contributed by atoms with Crippen LogP contribution in [-0.4, -0.2) is 9.39 Å². The number of carbonyl (C=O) groups is 1. The Morgan fingerprint density at radius 1 is 1.42 bits per heavy atom. The largest absolute Gasteiger partial charge is 0.433 e. The molecule has 0 aromatic carbocycles. The molecule has 0 spiro atoms. The molecule has 0 rings (SSSR count). The third-order valence-electron chi connectivity index (χ3n) is 1.27. The first-order valence-electron chi connectivity index (χ1n) is 3.44. The lowest BCUT2D eigenvalue weighted by Gasteiger charge is -2.33. The minimum absolute atomic E-state index is 0.230. The van der Waals surface area contributed by atoms with Gasteiger partial charge in [0.2, 0.25) is 3.42 Å². The number of esters is 1. The van der Waals surface area contributed by atoms with Crippen molar-refractivity contribution in [2.24, 2.45) is 5.41 Å². The van der Waals surface area contributed by atoms with Crippen molar-refractivity contribution in [2.75, 3.05) is 0 Å². The highest BCUT2D eigenvalue weighted by Crippen LogP contribution is 2.44. The second-order valence-electron chi connectivity index (χ2n) is 3.39. The molecule has 4 heteroatoms. The topological polar surface area (TPSA) is 26.3 Å². The second-order valence-corrected chi connectivity index (χ2v) is 6.69. The Morgan fingerprint density at radius 2 is 1.83 bits per heavy atom. The van der Waals surface area contributed by atoms with Gasteiger partial charge in [-0.25, -0.2) is 4.79 Å². The third kappa shape index (κ3) is 3.27. The maximum atomic E-state index is 10.9. The molecule has 2 nitrogen and oxygen atoms in total. The smallest absolute Gasteiger partial charge is 0.332 e. The molecule has 0 aliphatic heterocycles. The predicted molar refractivity (Wildman–Crippen MR) is 56.3 cm³/mol. The fourth-order valence-corrected chi connectivity index (χ4v) is 0.640. The van der Waals surface area contributed by atoms with E-state index in [1.165, 1.54) is 0 Å². The zero-order valence-electron chi connectivity index (χ0n) is 7.36. The fraction of sp³-hybridized carbons (Fsp3) is 0.625. The molecule has 0 unspecified atom stereocenters. The first kappa shape index (κ1) is 12.2. The van der Waals surface area contributed by atoms with Gasteiger partial charge < -0.3 is 4.74 Å². The first-order chi connectivity index (χ1) is 5.20. The van der Waals surface area contributed by atoms with E-state index in [1.807, 2.05) is 20.8 Å². The highest BCUT2D eigenvalue weighted by molar-refractivity contribution is 9.25. The van der Waals surface area contributed by atoms with Crippen LogP contribution in [0.5, 0.6) is 0 Å². The van der Waals surface area contributed by atoms with Crippen LogP contribution in [0.25, 0.3) is 0 Å².